The Morgan fingerprint density at radius 3 is 3.00 bits per heavy atom. The fraction of sp³-hybridized carbons (Fsp3) is 0.357. The van der Waals surface area contributed by atoms with Crippen molar-refractivity contribution in [3.05, 3.63) is 29.5 Å². The van der Waals surface area contributed by atoms with E-state index < -0.39 is 12.0 Å². The van der Waals surface area contributed by atoms with Gasteiger partial charge in [0.15, 0.2) is 0 Å². The maximum absolute atomic E-state index is 12.6. The molecule has 1 amide bonds. The van der Waals surface area contributed by atoms with E-state index in [4.69, 9.17) is 0 Å². The quantitative estimate of drug-likeness (QED) is 0.869. The number of amides is 1. The van der Waals surface area contributed by atoms with E-state index in [9.17, 15) is 14.7 Å². The summed E-state index contributed by atoms with van der Waals surface area (Å²) >= 11 is 0. The molecule has 3 rings (SSSR count). The highest BCUT2D eigenvalue weighted by Gasteiger charge is 2.35. The van der Waals surface area contributed by atoms with Gasteiger partial charge in [0.2, 0.25) is 0 Å². The fourth-order valence-corrected chi connectivity index (χ4v) is 2.80. The number of carbonyl (C=O) groups is 2. The van der Waals surface area contributed by atoms with Gasteiger partial charge in [-0.05, 0) is 37.5 Å². The Labute approximate surface area is 115 Å². The van der Waals surface area contributed by atoms with Crippen LogP contribution in [-0.4, -0.2) is 44.7 Å². The third-order valence-electron chi connectivity index (χ3n) is 3.72. The fourth-order valence-electron chi connectivity index (χ4n) is 2.80. The van der Waals surface area contributed by atoms with Crippen LogP contribution in [-0.2, 0) is 4.79 Å². The number of rotatable bonds is 2. The summed E-state index contributed by atoms with van der Waals surface area (Å²) in [5, 5.41) is 16.8. The first-order valence-corrected chi connectivity index (χ1v) is 6.55. The van der Waals surface area contributed by atoms with Crippen LogP contribution in [0, 0.1) is 6.92 Å². The van der Waals surface area contributed by atoms with Crippen LogP contribution in [0.25, 0.3) is 10.9 Å². The van der Waals surface area contributed by atoms with Gasteiger partial charge in [0.05, 0.1) is 17.3 Å². The highest BCUT2D eigenvalue weighted by molar-refractivity contribution is 6.06. The number of aryl methyl sites for hydroxylation is 1. The predicted octanol–water partition coefficient (Wildman–Crippen LogP) is 1.56. The van der Waals surface area contributed by atoms with Crippen LogP contribution in [0.4, 0.5) is 0 Å². The summed E-state index contributed by atoms with van der Waals surface area (Å²) in [4.78, 5) is 25.3. The Balaban J connectivity index is 2.04. The number of likely N-dealkylation sites (tertiary alicyclic amines) is 1. The number of hydrogen-bond acceptors (Lipinski definition) is 3. The Hall–Kier alpha value is -2.37. The number of H-pyrrole nitrogens is 1. The number of carboxylic acids is 1. The third-order valence-corrected chi connectivity index (χ3v) is 3.72. The van der Waals surface area contributed by atoms with Crippen molar-refractivity contribution in [2.75, 3.05) is 6.54 Å². The molecule has 104 valence electrons. The van der Waals surface area contributed by atoms with Crippen molar-refractivity contribution in [2.24, 2.45) is 0 Å². The van der Waals surface area contributed by atoms with Gasteiger partial charge < -0.3 is 10.0 Å². The van der Waals surface area contributed by atoms with Crippen LogP contribution in [0.3, 0.4) is 0 Å². The molecule has 2 heterocycles. The van der Waals surface area contributed by atoms with Crippen molar-refractivity contribution in [1.29, 1.82) is 0 Å². The van der Waals surface area contributed by atoms with E-state index in [1.807, 2.05) is 13.0 Å². The van der Waals surface area contributed by atoms with Crippen LogP contribution >= 0.6 is 0 Å². The lowest BCUT2D eigenvalue weighted by Gasteiger charge is -2.21. The second-order valence-electron chi connectivity index (χ2n) is 5.14. The normalized spacial score (nSPS) is 18.6. The topological polar surface area (TPSA) is 86.3 Å². The first kappa shape index (κ1) is 12.7. The van der Waals surface area contributed by atoms with Gasteiger partial charge in [-0.15, -0.1) is 0 Å². The molecule has 0 saturated carbocycles. The van der Waals surface area contributed by atoms with Crippen LogP contribution in [0.5, 0.6) is 0 Å². The molecule has 2 aromatic rings. The molecule has 1 aromatic heterocycles. The summed E-state index contributed by atoms with van der Waals surface area (Å²) < 4.78 is 0. The molecule has 6 nitrogen and oxygen atoms in total. The molecular formula is C14H15N3O3. The van der Waals surface area contributed by atoms with Gasteiger partial charge in [-0.3, -0.25) is 9.89 Å². The molecule has 0 aliphatic carbocycles. The van der Waals surface area contributed by atoms with Gasteiger partial charge in [0.25, 0.3) is 5.91 Å². The number of fused-ring (bicyclic) bond motifs is 1. The minimum absolute atomic E-state index is 0.243. The zero-order valence-electron chi connectivity index (χ0n) is 11.1. The maximum atomic E-state index is 12.6. The Morgan fingerprint density at radius 2 is 2.25 bits per heavy atom. The molecule has 0 radical (unpaired) electrons. The highest BCUT2D eigenvalue weighted by atomic mass is 16.4. The van der Waals surface area contributed by atoms with E-state index in [1.165, 1.54) is 4.90 Å². The predicted molar refractivity (Wildman–Crippen MR) is 72.5 cm³/mol. The van der Waals surface area contributed by atoms with Gasteiger partial charge in [-0.2, -0.15) is 5.10 Å². The number of nitrogens with zero attached hydrogens (tertiary/aromatic N) is 2. The van der Waals surface area contributed by atoms with Crippen LogP contribution in [0.2, 0.25) is 0 Å². The average molecular weight is 273 g/mol. The molecule has 20 heavy (non-hydrogen) atoms. The number of benzene rings is 1. The second-order valence-corrected chi connectivity index (χ2v) is 5.14. The van der Waals surface area contributed by atoms with E-state index in [-0.39, 0.29) is 5.91 Å². The summed E-state index contributed by atoms with van der Waals surface area (Å²) in [7, 11) is 0. The number of carboxylic acid groups (broad SMARTS) is 1. The van der Waals surface area contributed by atoms with Crippen molar-refractivity contribution in [3.63, 3.8) is 0 Å². The van der Waals surface area contributed by atoms with E-state index in [2.05, 4.69) is 10.2 Å². The maximum Gasteiger partial charge on any atom is 0.326 e. The molecule has 2 N–H and O–H groups in total. The smallest absolute Gasteiger partial charge is 0.326 e. The van der Waals surface area contributed by atoms with E-state index in [0.717, 1.165) is 17.4 Å². The van der Waals surface area contributed by atoms with Crippen molar-refractivity contribution in [3.8, 4) is 0 Å². The van der Waals surface area contributed by atoms with Crippen molar-refractivity contribution in [2.45, 2.75) is 25.8 Å². The Morgan fingerprint density at radius 1 is 1.45 bits per heavy atom. The molecule has 1 aliphatic heterocycles. The lowest BCUT2D eigenvalue weighted by atomic mass is 10.1. The zero-order valence-corrected chi connectivity index (χ0v) is 11.1. The molecule has 1 saturated heterocycles. The van der Waals surface area contributed by atoms with Crippen molar-refractivity contribution >= 4 is 22.8 Å². The van der Waals surface area contributed by atoms with Crippen molar-refractivity contribution < 1.29 is 14.7 Å². The number of nitrogens with one attached hydrogen (secondary N) is 1. The molecule has 0 bridgehead atoms. The molecule has 1 aliphatic rings. The van der Waals surface area contributed by atoms with E-state index in [1.54, 1.807) is 12.3 Å². The lowest BCUT2D eigenvalue weighted by Crippen LogP contribution is -2.40. The molecule has 0 spiro atoms. The number of aliphatic carboxylic acids is 1. The van der Waals surface area contributed by atoms with E-state index >= 15 is 0 Å². The van der Waals surface area contributed by atoms with Gasteiger partial charge in [-0.1, -0.05) is 0 Å². The van der Waals surface area contributed by atoms with Crippen LogP contribution in [0.15, 0.2) is 18.3 Å². The Kier molecular flexibility index (Phi) is 2.93. The molecule has 6 heteroatoms. The number of hydrogen-bond donors (Lipinski definition) is 2. The van der Waals surface area contributed by atoms with Crippen molar-refractivity contribution in [1.82, 2.24) is 15.1 Å². The third kappa shape index (κ3) is 1.93. The zero-order chi connectivity index (χ0) is 14.3. The monoisotopic (exact) mass is 273 g/mol. The van der Waals surface area contributed by atoms with Crippen LogP contribution in [0.1, 0.15) is 28.8 Å². The van der Waals surface area contributed by atoms with E-state index in [0.29, 0.717) is 24.0 Å². The number of aromatic nitrogens is 2. The molecule has 1 fully saturated rings. The number of carbonyl (C=O) groups excluding carboxylic acids is 1. The standard InChI is InChI=1S/C14H15N3O3/c1-8-5-9-7-15-16-12(9)10(6-8)13(18)17-4-2-3-11(17)14(19)20/h5-7,11H,2-4H2,1H3,(H,15,16)(H,19,20)/t11-/m0/s1. The average Bonchev–Trinajstić information content (AvgIpc) is 3.04. The highest BCUT2D eigenvalue weighted by Crippen LogP contribution is 2.25. The first-order valence-electron chi connectivity index (χ1n) is 6.55. The van der Waals surface area contributed by atoms with Crippen LogP contribution < -0.4 is 0 Å². The summed E-state index contributed by atoms with van der Waals surface area (Å²) in [6.07, 6.45) is 2.90. The summed E-state index contributed by atoms with van der Waals surface area (Å²) in [6, 6.07) is 3.00. The molecule has 1 atom stereocenters. The lowest BCUT2D eigenvalue weighted by molar-refractivity contribution is -0.141. The summed E-state index contributed by atoms with van der Waals surface area (Å²) in [6.45, 7) is 2.39. The molecule has 1 aromatic carbocycles. The summed E-state index contributed by atoms with van der Waals surface area (Å²) in [5.74, 6) is -1.18. The molecule has 0 unspecified atom stereocenters. The summed E-state index contributed by atoms with van der Waals surface area (Å²) in [5.41, 5.74) is 2.11. The minimum atomic E-state index is -0.940. The second kappa shape index (κ2) is 4.63. The SMILES string of the molecule is Cc1cc(C(=O)N2CCC[C@H]2C(=O)O)c2[nH]ncc2c1. The first-order chi connectivity index (χ1) is 9.58. The van der Waals surface area contributed by atoms with Gasteiger partial charge >= 0.3 is 5.97 Å². The number of aromatic amines is 1. The van der Waals surface area contributed by atoms with Gasteiger partial charge in [0, 0.05) is 11.9 Å². The molecular weight excluding hydrogens is 258 g/mol. The largest absolute Gasteiger partial charge is 0.480 e. The minimum Gasteiger partial charge on any atom is -0.480 e. The van der Waals surface area contributed by atoms with Gasteiger partial charge in [-0.25, -0.2) is 4.79 Å². The Bertz CT molecular complexity index is 692. The van der Waals surface area contributed by atoms with Gasteiger partial charge in [0.1, 0.15) is 6.04 Å².